The Balaban J connectivity index is 1.49. The zero-order valence-electron chi connectivity index (χ0n) is 17.7. The van der Waals surface area contributed by atoms with Gasteiger partial charge in [-0.2, -0.15) is 22.5 Å². The summed E-state index contributed by atoms with van der Waals surface area (Å²) in [4.78, 5) is 19.3. The molecule has 33 heavy (non-hydrogen) atoms. The van der Waals surface area contributed by atoms with Gasteiger partial charge in [0.15, 0.2) is 0 Å². The monoisotopic (exact) mass is 484 g/mol. The van der Waals surface area contributed by atoms with Crippen LogP contribution < -0.4 is 16.0 Å². The fourth-order valence-electron chi connectivity index (χ4n) is 4.11. The van der Waals surface area contributed by atoms with Gasteiger partial charge >= 0.3 is 6.18 Å². The second-order valence-electron chi connectivity index (χ2n) is 8.06. The van der Waals surface area contributed by atoms with Crippen LogP contribution in [0.3, 0.4) is 0 Å². The van der Waals surface area contributed by atoms with Gasteiger partial charge in [0.2, 0.25) is 21.9 Å². The van der Waals surface area contributed by atoms with Gasteiger partial charge in [-0.1, -0.05) is 0 Å². The molecule has 1 saturated heterocycles. The number of alkyl halides is 3. The van der Waals surface area contributed by atoms with Crippen LogP contribution in [0.1, 0.15) is 30.4 Å². The molecular formula is C20H23F3N6O3S. The number of halogens is 3. The van der Waals surface area contributed by atoms with E-state index in [1.165, 1.54) is 4.31 Å². The van der Waals surface area contributed by atoms with E-state index >= 15 is 0 Å². The summed E-state index contributed by atoms with van der Waals surface area (Å²) in [7, 11) is -3.36. The standard InChI is InChI=1S/C20H23F3N6O3S/c1-33(31,32)29-8-2-3-14(29)6-7-24-18-15(20(21,22)23)11-25-19(28-18)26-13-4-5-16-12(9-13)10-17(30)27-16/h4-5,9,11,14H,2-3,6-8,10H2,1H3,(H,27,30)(H2,24,25,26,28)/t14-/m1/s1. The lowest BCUT2D eigenvalue weighted by Gasteiger charge is -2.22. The zero-order chi connectivity index (χ0) is 23.8. The molecule has 1 aromatic carbocycles. The minimum Gasteiger partial charge on any atom is -0.369 e. The molecule has 0 aliphatic carbocycles. The average molecular weight is 485 g/mol. The Morgan fingerprint density at radius 1 is 1.30 bits per heavy atom. The van der Waals surface area contributed by atoms with Gasteiger partial charge in [0, 0.05) is 36.7 Å². The predicted octanol–water partition coefficient (Wildman–Crippen LogP) is 2.96. The molecule has 1 aromatic heterocycles. The zero-order valence-corrected chi connectivity index (χ0v) is 18.6. The Hall–Kier alpha value is -2.93. The highest BCUT2D eigenvalue weighted by Gasteiger charge is 2.36. The molecule has 178 valence electrons. The lowest BCUT2D eigenvalue weighted by molar-refractivity contribution is -0.137. The summed E-state index contributed by atoms with van der Waals surface area (Å²) in [6, 6.07) is 4.81. The first-order valence-corrected chi connectivity index (χ1v) is 12.2. The third-order valence-corrected chi connectivity index (χ3v) is 6.93. The van der Waals surface area contributed by atoms with Crippen molar-refractivity contribution in [2.45, 2.75) is 37.9 Å². The second kappa shape index (κ2) is 8.78. The summed E-state index contributed by atoms with van der Waals surface area (Å²) in [5.41, 5.74) is 0.979. The molecule has 1 amide bonds. The van der Waals surface area contributed by atoms with E-state index in [-0.39, 0.29) is 36.7 Å². The van der Waals surface area contributed by atoms with Crippen molar-refractivity contribution in [3.63, 3.8) is 0 Å². The Bertz CT molecular complexity index is 1170. The van der Waals surface area contributed by atoms with E-state index in [1.54, 1.807) is 18.2 Å². The van der Waals surface area contributed by atoms with Crippen LogP contribution in [-0.2, 0) is 27.4 Å². The second-order valence-corrected chi connectivity index (χ2v) is 10.00. The minimum absolute atomic E-state index is 0.0404. The number of fused-ring (bicyclic) bond motifs is 1. The van der Waals surface area contributed by atoms with Gasteiger partial charge in [-0.25, -0.2) is 13.4 Å². The van der Waals surface area contributed by atoms with E-state index in [1.807, 2.05) is 0 Å². The van der Waals surface area contributed by atoms with Crippen molar-refractivity contribution in [3.05, 3.63) is 35.5 Å². The van der Waals surface area contributed by atoms with Crippen molar-refractivity contribution < 1.29 is 26.4 Å². The summed E-state index contributed by atoms with van der Waals surface area (Å²) < 4.78 is 65.6. The molecule has 3 heterocycles. The van der Waals surface area contributed by atoms with E-state index < -0.39 is 21.8 Å². The molecule has 1 atom stereocenters. The van der Waals surface area contributed by atoms with E-state index in [2.05, 4.69) is 25.9 Å². The molecule has 0 radical (unpaired) electrons. The number of aromatic nitrogens is 2. The fourth-order valence-corrected chi connectivity index (χ4v) is 5.32. The summed E-state index contributed by atoms with van der Waals surface area (Å²) in [5.74, 6) is -0.556. The number of hydrogen-bond acceptors (Lipinski definition) is 7. The first kappa shape index (κ1) is 23.2. The quantitative estimate of drug-likeness (QED) is 0.553. The third kappa shape index (κ3) is 5.36. The molecule has 0 saturated carbocycles. The van der Waals surface area contributed by atoms with Crippen LogP contribution >= 0.6 is 0 Å². The molecule has 9 nitrogen and oxygen atoms in total. The topological polar surface area (TPSA) is 116 Å². The van der Waals surface area contributed by atoms with Gasteiger partial charge < -0.3 is 16.0 Å². The number of nitrogens with one attached hydrogen (secondary N) is 3. The highest BCUT2D eigenvalue weighted by Crippen LogP contribution is 2.35. The van der Waals surface area contributed by atoms with Gasteiger partial charge in [0.25, 0.3) is 0 Å². The van der Waals surface area contributed by atoms with Crippen LogP contribution in [0.4, 0.5) is 36.3 Å². The highest BCUT2D eigenvalue weighted by molar-refractivity contribution is 7.88. The third-order valence-electron chi connectivity index (χ3n) is 5.60. The van der Waals surface area contributed by atoms with Crippen LogP contribution in [0.5, 0.6) is 0 Å². The number of sulfonamides is 1. The molecule has 2 aromatic rings. The highest BCUT2D eigenvalue weighted by atomic mass is 32.2. The van der Waals surface area contributed by atoms with Crippen LogP contribution in [0, 0.1) is 0 Å². The number of carbonyl (C=O) groups is 1. The molecule has 13 heteroatoms. The summed E-state index contributed by atoms with van der Waals surface area (Å²) in [6.45, 7) is 0.531. The maximum Gasteiger partial charge on any atom is 0.421 e. The van der Waals surface area contributed by atoms with Crippen molar-refractivity contribution in [1.82, 2.24) is 14.3 Å². The SMILES string of the molecule is CS(=O)(=O)N1CCC[C@@H]1CCNc1nc(Nc2ccc3c(c2)CC(=O)N3)ncc1C(F)(F)F. The van der Waals surface area contributed by atoms with Crippen LogP contribution in [-0.4, -0.2) is 54.0 Å². The number of nitrogens with zero attached hydrogens (tertiary/aromatic N) is 3. The molecule has 2 aliphatic rings. The number of anilines is 4. The lowest BCUT2D eigenvalue weighted by atomic mass is 10.1. The Labute approximate surface area is 188 Å². The molecule has 3 N–H and O–H groups in total. The Morgan fingerprint density at radius 3 is 2.82 bits per heavy atom. The van der Waals surface area contributed by atoms with Gasteiger partial charge in [-0.05, 0) is 43.0 Å². The smallest absolute Gasteiger partial charge is 0.369 e. The van der Waals surface area contributed by atoms with Crippen molar-refractivity contribution in [2.75, 3.05) is 35.3 Å². The molecule has 4 rings (SSSR count). The van der Waals surface area contributed by atoms with Crippen LogP contribution in [0.15, 0.2) is 24.4 Å². The predicted molar refractivity (Wildman–Crippen MR) is 117 cm³/mol. The molecule has 0 spiro atoms. The summed E-state index contributed by atoms with van der Waals surface area (Å²) in [6.07, 6.45) is -0.878. The van der Waals surface area contributed by atoms with Crippen LogP contribution in [0.25, 0.3) is 0 Å². The Kier molecular flexibility index (Phi) is 6.18. The average Bonchev–Trinajstić information content (AvgIpc) is 3.32. The van der Waals surface area contributed by atoms with E-state index in [0.717, 1.165) is 18.2 Å². The van der Waals surface area contributed by atoms with Gasteiger partial charge in [0.05, 0.1) is 12.7 Å². The van der Waals surface area contributed by atoms with Crippen molar-refractivity contribution in [2.24, 2.45) is 0 Å². The van der Waals surface area contributed by atoms with Gasteiger partial charge in [0.1, 0.15) is 11.4 Å². The van der Waals surface area contributed by atoms with Crippen molar-refractivity contribution >= 4 is 39.1 Å². The first-order chi connectivity index (χ1) is 15.5. The van der Waals surface area contributed by atoms with E-state index in [4.69, 9.17) is 0 Å². The molecule has 1 fully saturated rings. The summed E-state index contributed by atoms with van der Waals surface area (Å²) in [5, 5.41) is 8.28. The maximum atomic E-state index is 13.5. The normalized spacial score (nSPS) is 18.8. The maximum absolute atomic E-state index is 13.5. The Morgan fingerprint density at radius 2 is 2.09 bits per heavy atom. The lowest BCUT2D eigenvalue weighted by Crippen LogP contribution is -2.35. The van der Waals surface area contributed by atoms with Gasteiger partial charge in [-0.15, -0.1) is 0 Å². The minimum atomic E-state index is -4.66. The number of hydrogen-bond donors (Lipinski definition) is 3. The number of amides is 1. The van der Waals surface area contributed by atoms with Gasteiger partial charge in [-0.3, -0.25) is 4.79 Å². The number of rotatable bonds is 7. The molecule has 0 bridgehead atoms. The molecule has 0 unspecified atom stereocenters. The fraction of sp³-hybridized carbons (Fsp3) is 0.450. The first-order valence-electron chi connectivity index (χ1n) is 10.4. The molecule has 2 aliphatic heterocycles. The van der Waals surface area contributed by atoms with Crippen molar-refractivity contribution in [3.8, 4) is 0 Å². The van der Waals surface area contributed by atoms with E-state index in [0.29, 0.717) is 37.0 Å². The molecular weight excluding hydrogens is 461 g/mol. The van der Waals surface area contributed by atoms with Crippen LogP contribution in [0.2, 0.25) is 0 Å². The van der Waals surface area contributed by atoms with Crippen molar-refractivity contribution in [1.29, 1.82) is 0 Å². The number of carbonyl (C=O) groups excluding carboxylic acids is 1. The van der Waals surface area contributed by atoms with E-state index in [9.17, 15) is 26.4 Å². The summed E-state index contributed by atoms with van der Waals surface area (Å²) >= 11 is 0. The number of benzene rings is 1. The largest absolute Gasteiger partial charge is 0.421 e.